The molecule has 0 N–H and O–H groups in total. The first-order valence-electron chi connectivity index (χ1n) is 8.45. The van der Waals surface area contributed by atoms with Gasteiger partial charge in [-0.2, -0.15) is 0 Å². The highest BCUT2D eigenvalue weighted by Crippen LogP contribution is 2.33. The number of rotatable bonds is 1. The van der Waals surface area contributed by atoms with Gasteiger partial charge in [0.05, 0.1) is 11.4 Å². The van der Waals surface area contributed by atoms with Crippen molar-refractivity contribution in [1.82, 2.24) is 4.90 Å². The molecule has 2 aliphatic rings. The van der Waals surface area contributed by atoms with Gasteiger partial charge >= 0.3 is 0 Å². The van der Waals surface area contributed by atoms with Crippen molar-refractivity contribution >= 4 is 23.2 Å². The number of hydrogen-bond donors (Lipinski definition) is 0. The maximum Gasteiger partial charge on any atom is 0.230 e. The van der Waals surface area contributed by atoms with Gasteiger partial charge < -0.3 is 14.7 Å². The summed E-state index contributed by atoms with van der Waals surface area (Å²) >= 11 is 0. The van der Waals surface area contributed by atoms with Crippen LogP contribution in [0.25, 0.3) is 0 Å². The summed E-state index contributed by atoms with van der Waals surface area (Å²) in [5.41, 5.74) is 2.14. The van der Waals surface area contributed by atoms with Gasteiger partial charge in [0.2, 0.25) is 11.8 Å². The van der Waals surface area contributed by atoms with Crippen LogP contribution >= 0.6 is 0 Å². The monoisotopic (exact) mass is 315 g/mol. The Morgan fingerprint density at radius 2 is 1.65 bits per heavy atom. The highest BCUT2D eigenvalue weighted by molar-refractivity contribution is 5.98. The molecule has 1 fully saturated rings. The number of fused-ring (bicyclic) bond motifs is 1. The first kappa shape index (κ1) is 15.8. The van der Waals surface area contributed by atoms with E-state index in [2.05, 4.69) is 18.0 Å². The number of benzene rings is 1. The summed E-state index contributed by atoms with van der Waals surface area (Å²) in [6.07, 6.45) is 2.52. The van der Waals surface area contributed by atoms with Crippen LogP contribution in [0.5, 0.6) is 0 Å². The molecule has 23 heavy (non-hydrogen) atoms. The first-order valence-corrected chi connectivity index (χ1v) is 8.45. The lowest BCUT2D eigenvalue weighted by Gasteiger charge is -2.34. The summed E-state index contributed by atoms with van der Waals surface area (Å²) in [5.74, 6) is 0.357. The molecule has 124 valence electrons. The maximum atomic E-state index is 13.1. The molecule has 1 aromatic rings. The summed E-state index contributed by atoms with van der Waals surface area (Å²) in [5, 5.41) is 0. The van der Waals surface area contributed by atoms with Crippen LogP contribution in [0.3, 0.4) is 0 Å². The Morgan fingerprint density at radius 3 is 2.30 bits per heavy atom. The fourth-order valence-electron chi connectivity index (χ4n) is 3.61. The summed E-state index contributed by atoms with van der Waals surface area (Å²) in [6, 6.07) is 8.14. The minimum atomic E-state index is 0.0297. The average Bonchev–Trinajstić information content (AvgIpc) is 2.74. The standard InChI is InChI=1S/C18H25N3O2/c1-14(22)20-12-8-15(9-13-20)18(23)21-11-5-10-19(2)16-6-3-4-7-17(16)21/h3-4,6-7,15H,5,8-13H2,1-2H3. The Hall–Kier alpha value is -2.04. The molecule has 2 aliphatic heterocycles. The van der Waals surface area contributed by atoms with Crippen molar-refractivity contribution in [3.63, 3.8) is 0 Å². The van der Waals surface area contributed by atoms with Crippen LogP contribution in [-0.4, -0.2) is 49.9 Å². The van der Waals surface area contributed by atoms with Gasteiger partial charge in [0.1, 0.15) is 0 Å². The second kappa shape index (κ2) is 6.60. The third kappa shape index (κ3) is 3.19. The van der Waals surface area contributed by atoms with Gasteiger partial charge in [0.15, 0.2) is 0 Å². The third-order valence-corrected chi connectivity index (χ3v) is 5.01. The summed E-state index contributed by atoms with van der Waals surface area (Å²) in [7, 11) is 2.08. The molecule has 0 atom stereocenters. The van der Waals surface area contributed by atoms with Crippen molar-refractivity contribution in [2.24, 2.45) is 5.92 Å². The van der Waals surface area contributed by atoms with Gasteiger partial charge in [-0.15, -0.1) is 0 Å². The number of para-hydroxylation sites is 2. The highest BCUT2D eigenvalue weighted by Gasteiger charge is 2.31. The van der Waals surface area contributed by atoms with Crippen LogP contribution in [0.1, 0.15) is 26.2 Å². The minimum absolute atomic E-state index is 0.0297. The highest BCUT2D eigenvalue weighted by atomic mass is 16.2. The van der Waals surface area contributed by atoms with Gasteiger partial charge in [-0.1, -0.05) is 12.1 Å². The summed E-state index contributed by atoms with van der Waals surface area (Å²) in [6.45, 7) is 4.72. The van der Waals surface area contributed by atoms with Crippen LogP contribution < -0.4 is 9.80 Å². The van der Waals surface area contributed by atoms with Gasteiger partial charge in [-0.3, -0.25) is 9.59 Å². The fraction of sp³-hybridized carbons (Fsp3) is 0.556. The Kier molecular flexibility index (Phi) is 4.55. The number of carbonyl (C=O) groups excluding carboxylic acids is 2. The number of likely N-dealkylation sites (tertiary alicyclic amines) is 1. The van der Waals surface area contributed by atoms with E-state index in [1.165, 1.54) is 0 Å². The SMILES string of the molecule is CC(=O)N1CCC(C(=O)N2CCCN(C)c3ccccc32)CC1. The van der Waals surface area contributed by atoms with Gasteiger partial charge in [-0.25, -0.2) is 0 Å². The van der Waals surface area contributed by atoms with Crippen molar-refractivity contribution in [3.8, 4) is 0 Å². The molecule has 0 spiro atoms. The number of amides is 2. The normalized spacial score (nSPS) is 19.3. The van der Waals surface area contributed by atoms with Crippen molar-refractivity contribution in [2.45, 2.75) is 26.2 Å². The minimum Gasteiger partial charge on any atom is -0.373 e. The molecule has 0 aliphatic carbocycles. The van der Waals surface area contributed by atoms with Crippen LogP contribution in [0.2, 0.25) is 0 Å². The van der Waals surface area contributed by atoms with Crippen LogP contribution in [0, 0.1) is 5.92 Å². The predicted molar refractivity (Wildman–Crippen MR) is 91.7 cm³/mol. The van der Waals surface area contributed by atoms with Crippen molar-refractivity contribution in [2.75, 3.05) is 43.0 Å². The molecule has 2 heterocycles. The zero-order chi connectivity index (χ0) is 16.4. The van der Waals surface area contributed by atoms with Gasteiger partial charge in [-0.05, 0) is 31.4 Å². The van der Waals surface area contributed by atoms with E-state index >= 15 is 0 Å². The molecule has 0 radical (unpaired) electrons. The number of carbonyl (C=O) groups is 2. The molecule has 0 bridgehead atoms. The molecule has 0 unspecified atom stereocenters. The molecular formula is C18H25N3O2. The van der Waals surface area contributed by atoms with E-state index in [4.69, 9.17) is 0 Å². The molecule has 0 aromatic heterocycles. The largest absolute Gasteiger partial charge is 0.373 e. The molecule has 1 aromatic carbocycles. The van der Waals surface area contributed by atoms with Crippen LogP contribution in [0.4, 0.5) is 11.4 Å². The maximum absolute atomic E-state index is 13.1. The van der Waals surface area contributed by atoms with Crippen molar-refractivity contribution in [1.29, 1.82) is 0 Å². The predicted octanol–water partition coefficient (Wildman–Crippen LogP) is 2.12. The van der Waals surface area contributed by atoms with Gasteiger partial charge in [0, 0.05) is 46.1 Å². The van der Waals surface area contributed by atoms with E-state index in [0.717, 1.165) is 43.7 Å². The molecule has 3 rings (SSSR count). The number of nitrogens with zero attached hydrogens (tertiary/aromatic N) is 3. The van der Waals surface area contributed by atoms with Crippen molar-refractivity contribution < 1.29 is 9.59 Å². The molecular weight excluding hydrogens is 290 g/mol. The molecule has 5 heteroatoms. The average molecular weight is 315 g/mol. The summed E-state index contributed by atoms with van der Waals surface area (Å²) in [4.78, 5) is 30.5. The van der Waals surface area contributed by atoms with Crippen LogP contribution in [-0.2, 0) is 9.59 Å². The molecule has 0 saturated carbocycles. The zero-order valence-electron chi connectivity index (χ0n) is 14.0. The molecule has 1 saturated heterocycles. The molecule has 5 nitrogen and oxygen atoms in total. The van der Waals surface area contributed by atoms with E-state index in [9.17, 15) is 9.59 Å². The Balaban J connectivity index is 1.77. The van der Waals surface area contributed by atoms with E-state index in [1.807, 2.05) is 28.0 Å². The zero-order valence-corrected chi connectivity index (χ0v) is 14.0. The van der Waals surface area contributed by atoms with Crippen LogP contribution in [0.15, 0.2) is 24.3 Å². The fourth-order valence-corrected chi connectivity index (χ4v) is 3.61. The topological polar surface area (TPSA) is 43.9 Å². The van der Waals surface area contributed by atoms with E-state index < -0.39 is 0 Å². The second-order valence-electron chi connectivity index (χ2n) is 6.53. The van der Waals surface area contributed by atoms with E-state index in [0.29, 0.717) is 13.1 Å². The van der Waals surface area contributed by atoms with E-state index in [1.54, 1.807) is 6.92 Å². The Bertz CT molecular complexity index is 594. The number of anilines is 2. The lowest BCUT2D eigenvalue weighted by molar-refractivity contribution is -0.133. The van der Waals surface area contributed by atoms with Crippen molar-refractivity contribution in [3.05, 3.63) is 24.3 Å². The lowest BCUT2D eigenvalue weighted by atomic mass is 9.95. The molecule has 2 amide bonds. The quantitative estimate of drug-likeness (QED) is 0.797. The summed E-state index contributed by atoms with van der Waals surface area (Å²) < 4.78 is 0. The third-order valence-electron chi connectivity index (χ3n) is 5.01. The second-order valence-corrected chi connectivity index (χ2v) is 6.53. The smallest absolute Gasteiger partial charge is 0.230 e. The number of piperidine rings is 1. The first-order chi connectivity index (χ1) is 11.1. The van der Waals surface area contributed by atoms with E-state index in [-0.39, 0.29) is 17.7 Å². The Morgan fingerprint density at radius 1 is 1.00 bits per heavy atom. The lowest BCUT2D eigenvalue weighted by Crippen LogP contribution is -2.44. The Labute approximate surface area is 137 Å². The van der Waals surface area contributed by atoms with Gasteiger partial charge in [0.25, 0.3) is 0 Å². The number of hydrogen-bond acceptors (Lipinski definition) is 3.